The van der Waals surface area contributed by atoms with E-state index >= 15 is 0 Å². The van der Waals surface area contributed by atoms with E-state index in [1.807, 2.05) is 0 Å². The Bertz CT molecular complexity index is 739. The zero-order valence-electron chi connectivity index (χ0n) is 14.7. The summed E-state index contributed by atoms with van der Waals surface area (Å²) in [6.07, 6.45) is 0.739. The van der Waals surface area contributed by atoms with Crippen molar-refractivity contribution in [2.75, 3.05) is 19.0 Å². The van der Waals surface area contributed by atoms with Gasteiger partial charge in [-0.1, -0.05) is 12.1 Å². The molecular formula is C17H24N2O6S. The third-order valence-corrected chi connectivity index (χ3v) is 5.75. The lowest BCUT2D eigenvalue weighted by molar-refractivity contribution is -0.139. The van der Waals surface area contributed by atoms with Crippen LogP contribution in [0.15, 0.2) is 24.3 Å². The van der Waals surface area contributed by atoms with Crippen molar-refractivity contribution < 1.29 is 27.9 Å². The third-order valence-electron chi connectivity index (χ3n) is 4.41. The second-order valence-corrected chi connectivity index (χ2v) is 8.43. The number of sulfonamides is 1. The van der Waals surface area contributed by atoms with Crippen LogP contribution in [-0.2, 0) is 26.1 Å². The molecule has 8 nitrogen and oxygen atoms in total. The molecule has 0 saturated carbocycles. The smallest absolute Gasteiger partial charge is 0.305 e. The molecule has 1 aromatic rings. The van der Waals surface area contributed by atoms with Crippen LogP contribution >= 0.6 is 0 Å². The summed E-state index contributed by atoms with van der Waals surface area (Å²) < 4.78 is 30.7. The zero-order chi connectivity index (χ0) is 19.2. The Balaban J connectivity index is 2.03. The monoisotopic (exact) mass is 384 g/mol. The SMILES string of the molecule is CCS(=O)(=O)NCc1ccc(C(=O)NC2(CC(=O)O)CCOCC2)cc1. The van der Waals surface area contributed by atoms with Crippen molar-refractivity contribution in [3.05, 3.63) is 35.4 Å². The van der Waals surface area contributed by atoms with Gasteiger partial charge >= 0.3 is 5.97 Å². The number of hydrogen-bond acceptors (Lipinski definition) is 5. The highest BCUT2D eigenvalue weighted by atomic mass is 32.2. The third kappa shape index (κ3) is 5.79. The number of carboxylic acids is 1. The van der Waals surface area contributed by atoms with Gasteiger partial charge in [-0.2, -0.15) is 0 Å². The summed E-state index contributed by atoms with van der Waals surface area (Å²) in [5.41, 5.74) is 0.310. The predicted molar refractivity (Wildman–Crippen MR) is 95.2 cm³/mol. The molecule has 0 bridgehead atoms. The molecule has 0 aliphatic carbocycles. The predicted octanol–water partition coefficient (Wildman–Crippen LogP) is 0.880. The Morgan fingerprint density at radius 1 is 1.19 bits per heavy atom. The van der Waals surface area contributed by atoms with Gasteiger partial charge in [-0.15, -0.1) is 0 Å². The molecule has 0 aromatic heterocycles. The van der Waals surface area contributed by atoms with Crippen LogP contribution in [0.5, 0.6) is 0 Å². The molecule has 1 amide bonds. The number of hydrogen-bond donors (Lipinski definition) is 3. The quantitative estimate of drug-likeness (QED) is 0.612. The van der Waals surface area contributed by atoms with Gasteiger partial charge < -0.3 is 15.2 Å². The molecule has 0 spiro atoms. The molecule has 1 fully saturated rings. The van der Waals surface area contributed by atoms with Crippen LogP contribution in [-0.4, -0.2) is 49.9 Å². The van der Waals surface area contributed by atoms with Crippen molar-refractivity contribution in [1.29, 1.82) is 0 Å². The zero-order valence-corrected chi connectivity index (χ0v) is 15.5. The second-order valence-electron chi connectivity index (χ2n) is 6.34. The lowest BCUT2D eigenvalue weighted by Crippen LogP contribution is -2.53. The van der Waals surface area contributed by atoms with Crippen molar-refractivity contribution in [2.24, 2.45) is 0 Å². The van der Waals surface area contributed by atoms with Crippen molar-refractivity contribution >= 4 is 21.9 Å². The Labute approximate surface area is 153 Å². The molecule has 1 aliphatic heterocycles. The molecule has 1 aromatic carbocycles. The first-order chi connectivity index (χ1) is 12.3. The number of carbonyl (C=O) groups is 2. The normalized spacial score (nSPS) is 16.8. The van der Waals surface area contributed by atoms with Gasteiger partial charge in [0.15, 0.2) is 0 Å². The lowest BCUT2D eigenvalue weighted by Gasteiger charge is -2.36. The number of aliphatic carboxylic acids is 1. The second kappa shape index (κ2) is 8.61. The first-order valence-electron chi connectivity index (χ1n) is 8.44. The summed E-state index contributed by atoms with van der Waals surface area (Å²) >= 11 is 0. The van der Waals surface area contributed by atoms with Crippen LogP contribution < -0.4 is 10.0 Å². The minimum absolute atomic E-state index is 0.00284. The summed E-state index contributed by atoms with van der Waals surface area (Å²) in [5, 5.41) is 12.0. The van der Waals surface area contributed by atoms with Crippen LogP contribution in [0, 0.1) is 0 Å². The maximum atomic E-state index is 12.5. The molecule has 1 aliphatic rings. The number of carbonyl (C=O) groups excluding carboxylic acids is 1. The molecule has 9 heteroatoms. The highest BCUT2D eigenvalue weighted by Crippen LogP contribution is 2.25. The highest BCUT2D eigenvalue weighted by molar-refractivity contribution is 7.89. The fraction of sp³-hybridized carbons (Fsp3) is 0.529. The maximum absolute atomic E-state index is 12.5. The molecule has 0 unspecified atom stereocenters. The molecule has 26 heavy (non-hydrogen) atoms. The first-order valence-corrected chi connectivity index (χ1v) is 10.1. The van der Waals surface area contributed by atoms with Crippen LogP contribution in [0.2, 0.25) is 0 Å². The van der Waals surface area contributed by atoms with Crippen LogP contribution in [0.25, 0.3) is 0 Å². The van der Waals surface area contributed by atoms with Gasteiger partial charge in [0.05, 0.1) is 17.7 Å². The number of rotatable bonds is 8. The Kier molecular flexibility index (Phi) is 6.74. The fourth-order valence-corrected chi connectivity index (χ4v) is 3.37. The molecular weight excluding hydrogens is 360 g/mol. The summed E-state index contributed by atoms with van der Waals surface area (Å²) in [5.74, 6) is -1.32. The standard InChI is InChI=1S/C17H24N2O6S/c1-2-26(23,24)18-12-13-3-5-14(6-4-13)16(22)19-17(11-15(20)21)7-9-25-10-8-17/h3-6,18H,2,7-12H2,1H3,(H,19,22)(H,20,21). The van der Waals surface area contributed by atoms with Crippen molar-refractivity contribution in [3.8, 4) is 0 Å². The average molecular weight is 384 g/mol. The molecule has 1 saturated heterocycles. The van der Waals surface area contributed by atoms with Crippen molar-refractivity contribution in [3.63, 3.8) is 0 Å². The van der Waals surface area contributed by atoms with E-state index < -0.39 is 21.5 Å². The van der Waals surface area contributed by atoms with E-state index in [2.05, 4.69) is 10.0 Å². The van der Waals surface area contributed by atoms with E-state index in [9.17, 15) is 18.0 Å². The van der Waals surface area contributed by atoms with Gasteiger partial charge in [-0.25, -0.2) is 13.1 Å². The van der Waals surface area contributed by atoms with Gasteiger partial charge in [-0.3, -0.25) is 9.59 Å². The average Bonchev–Trinajstić information content (AvgIpc) is 2.60. The minimum Gasteiger partial charge on any atom is -0.481 e. The molecule has 2 rings (SSSR count). The number of ether oxygens (including phenoxy) is 1. The van der Waals surface area contributed by atoms with Crippen LogP contribution in [0.3, 0.4) is 0 Å². The maximum Gasteiger partial charge on any atom is 0.305 e. The number of nitrogens with one attached hydrogen (secondary N) is 2. The van der Waals surface area contributed by atoms with E-state index in [1.165, 1.54) is 0 Å². The van der Waals surface area contributed by atoms with E-state index in [1.54, 1.807) is 31.2 Å². The lowest BCUT2D eigenvalue weighted by atomic mass is 9.86. The Morgan fingerprint density at radius 3 is 2.35 bits per heavy atom. The molecule has 0 radical (unpaired) electrons. The Hall–Kier alpha value is -1.97. The van der Waals surface area contributed by atoms with Crippen LogP contribution in [0.1, 0.15) is 42.1 Å². The number of carboxylic acid groups (broad SMARTS) is 1. The van der Waals surface area contributed by atoms with Gasteiger partial charge in [-0.05, 0) is 37.5 Å². The summed E-state index contributed by atoms with van der Waals surface area (Å²) in [4.78, 5) is 23.7. The first kappa shape index (κ1) is 20.3. The van der Waals surface area contributed by atoms with Gasteiger partial charge in [0, 0.05) is 25.3 Å². The number of amides is 1. The topological polar surface area (TPSA) is 122 Å². The largest absolute Gasteiger partial charge is 0.481 e. The molecule has 144 valence electrons. The van der Waals surface area contributed by atoms with Gasteiger partial charge in [0.2, 0.25) is 10.0 Å². The summed E-state index contributed by atoms with van der Waals surface area (Å²) in [7, 11) is -3.28. The summed E-state index contributed by atoms with van der Waals surface area (Å²) in [6.45, 7) is 2.52. The summed E-state index contributed by atoms with van der Waals surface area (Å²) in [6, 6.07) is 6.53. The van der Waals surface area contributed by atoms with Gasteiger partial charge in [0.25, 0.3) is 5.91 Å². The Morgan fingerprint density at radius 2 is 1.81 bits per heavy atom. The molecule has 0 atom stereocenters. The number of benzene rings is 1. The van der Waals surface area contributed by atoms with Crippen molar-refractivity contribution in [2.45, 2.75) is 38.3 Å². The fourth-order valence-electron chi connectivity index (χ4n) is 2.78. The van der Waals surface area contributed by atoms with Crippen molar-refractivity contribution in [1.82, 2.24) is 10.0 Å². The van der Waals surface area contributed by atoms with Crippen LogP contribution in [0.4, 0.5) is 0 Å². The minimum atomic E-state index is -3.28. The van der Waals surface area contributed by atoms with Gasteiger partial charge in [0.1, 0.15) is 0 Å². The molecule has 3 N–H and O–H groups in total. The highest BCUT2D eigenvalue weighted by Gasteiger charge is 2.36. The van der Waals surface area contributed by atoms with E-state index in [4.69, 9.17) is 9.84 Å². The van der Waals surface area contributed by atoms with E-state index in [-0.39, 0.29) is 24.6 Å². The van der Waals surface area contributed by atoms with E-state index in [0.717, 1.165) is 5.56 Å². The molecule has 1 heterocycles. The van der Waals surface area contributed by atoms with E-state index in [0.29, 0.717) is 31.6 Å².